The Kier molecular flexibility index (Phi) is 7.19. The lowest BCUT2D eigenvalue weighted by molar-refractivity contribution is 0.392. The Morgan fingerprint density at radius 3 is 2.62 bits per heavy atom. The number of halogens is 1. The van der Waals surface area contributed by atoms with E-state index in [1.54, 1.807) is 19.6 Å². The van der Waals surface area contributed by atoms with Gasteiger partial charge >= 0.3 is 0 Å². The van der Waals surface area contributed by atoms with E-state index in [4.69, 9.17) is 4.52 Å². The first-order valence-electron chi connectivity index (χ1n) is 8.11. The summed E-state index contributed by atoms with van der Waals surface area (Å²) in [6, 6.07) is 8.20. The molecule has 26 heavy (non-hydrogen) atoms. The molecule has 0 aliphatic heterocycles. The van der Waals surface area contributed by atoms with Gasteiger partial charge in [0.05, 0.1) is 17.7 Å². The largest absolute Gasteiger partial charge is 0.361 e. The number of nitrogens with zero attached hydrogens (tertiary/aromatic N) is 4. The highest BCUT2D eigenvalue weighted by Crippen LogP contribution is 2.14. The van der Waals surface area contributed by atoms with Crippen molar-refractivity contribution in [1.29, 1.82) is 0 Å². The molecule has 0 radical (unpaired) electrons. The van der Waals surface area contributed by atoms with E-state index >= 15 is 0 Å². The standard InChI is InChI=1S/C18H22N6O.HI/c1-13-16(14(2)25-23-13)11-22-18(19-3)21-10-15-6-4-5-7-17(15)24-9-8-20-12-24;/h4-9,12H,10-11H2,1-3H3,(H2,19,21,22);1H. The summed E-state index contributed by atoms with van der Waals surface area (Å²) in [5.41, 5.74) is 4.20. The van der Waals surface area contributed by atoms with Gasteiger partial charge in [-0.25, -0.2) is 4.98 Å². The first-order chi connectivity index (χ1) is 12.2. The molecular formula is C18H23IN6O. The highest BCUT2D eigenvalue weighted by atomic mass is 127. The van der Waals surface area contributed by atoms with Gasteiger partial charge in [0, 0.05) is 38.1 Å². The third-order valence-corrected chi connectivity index (χ3v) is 4.06. The SMILES string of the molecule is CN=C(NCc1ccccc1-n1ccnc1)NCc1c(C)noc1C.I. The summed E-state index contributed by atoms with van der Waals surface area (Å²) in [6.45, 7) is 5.11. The third-order valence-electron chi connectivity index (χ3n) is 4.06. The summed E-state index contributed by atoms with van der Waals surface area (Å²) in [5.74, 6) is 1.55. The van der Waals surface area contributed by atoms with E-state index in [-0.39, 0.29) is 24.0 Å². The zero-order chi connectivity index (χ0) is 17.6. The van der Waals surface area contributed by atoms with Crippen molar-refractivity contribution in [2.45, 2.75) is 26.9 Å². The van der Waals surface area contributed by atoms with Crippen LogP contribution in [0.4, 0.5) is 0 Å². The van der Waals surface area contributed by atoms with Gasteiger partial charge in [-0.1, -0.05) is 23.4 Å². The number of aromatic nitrogens is 3. The molecule has 0 fully saturated rings. The van der Waals surface area contributed by atoms with Crippen LogP contribution in [-0.4, -0.2) is 27.7 Å². The minimum atomic E-state index is 0. The summed E-state index contributed by atoms with van der Waals surface area (Å²) < 4.78 is 7.19. The van der Waals surface area contributed by atoms with E-state index in [1.165, 1.54) is 0 Å². The summed E-state index contributed by atoms with van der Waals surface area (Å²) in [6.07, 6.45) is 5.50. The summed E-state index contributed by atoms with van der Waals surface area (Å²) in [4.78, 5) is 8.40. The van der Waals surface area contributed by atoms with Crippen molar-refractivity contribution in [2.24, 2.45) is 4.99 Å². The second-order valence-electron chi connectivity index (χ2n) is 5.68. The van der Waals surface area contributed by atoms with Gasteiger partial charge in [0.1, 0.15) is 5.76 Å². The number of aliphatic imine (C=N–C) groups is 1. The number of hydrogen-bond acceptors (Lipinski definition) is 4. The number of rotatable bonds is 5. The first kappa shape index (κ1) is 20.0. The molecule has 0 spiro atoms. The van der Waals surface area contributed by atoms with Crippen LogP contribution in [0.15, 0.2) is 52.5 Å². The van der Waals surface area contributed by atoms with Gasteiger partial charge in [-0.3, -0.25) is 4.99 Å². The molecule has 2 N–H and O–H groups in total. The summed E-state index contributed by atoms with van der Waals surface area (Å²) in [5, 5.41) is 10.6. The molecule has 7 nitrogen and oxygen atoms in total. The van der Waals surface area contributed by atoms with Crippen LogP contribution >= 0.6 is 24.0 Å². The van der Waals surface area contributed by atoms with Crippen molar-refractivity contribution >= 4 is 29.9 Å². The van der Waals surface area contributed by atoms with E-state index < -0.39 is 0 Å². The molecule has 8 heteroatoms. The number of aryl methyl sites for hydroxylation is 2. The van der Waals surface area contributed by atoms with E-state index in [9.17, 15) is 0 Å². The van der Waals surface area contributed by atoms with Gasteiger partial charge in [-0.15, -0.1) is 24.0 Å². The van der Waals surface area contributed by atoms with Crippen molar-refractivity contribution in [3.8, 4) is 5.69 Å². The molecule has 2 aromatic heterocycles. The lowest BCUT2D eigenvalue weighted by Gasteiger charge is -2.14. The van der Waals surface area contributed by atoms with Gasteiger partial charge < -0.3 is 19.7 Å². The molecule has 3 rings (SSSR count). The zero-order valence-electron chi connectivity index (χ0n) is 15.1. The van der Waals surface area contributed by atoms with E-state index in [0.717, 1.165) is 34.2 Å². The maximum Gasteiger partial charge on any atom is 0.191 e. The fourth-order valence-electron chi connectivity index (χ4n) is 2.64. The predicted octanol–water partition coefficient (Wildman–Crippen LogP) is 2.96. The highest BCUT2D eigenvalue weighted by Gasteiger charge is 2.10. The van der Waals surface area contributed by atoms with Crippen LogP contribution < -0.4 is 10.6 Å². The van der Waals surface area contributed by atoms with E-state index in [0.29, 0.717) is 13.1 Å². The van der Waals surface area contributed by atoms with Crippen molar-refractivity contribution < 1.29 is 4.52 Å². The Bertz CT molecular complexity index is 837. The van der Waals surface area contributed by atoms with Gasteiger partial charge in [0.15, 0.2) is 5.96 Å². The smallest absolute Gasteiger partial charge is 0.191 e. The van der Waals surface area contributed by atoms with Crippen molar-refractivity contribution in [3.63, 3.8) is 0 Å². The number of nitrogens with one attached hydrogen (secondary N) is 2. The Balaban J connectivity index is 0.00000243. The van der Waals surface area contributed by atoms with Crippen LogP contribution in [0.25, 0.3) is 5.69 Å². The molecule has 0 saturated carbocycles. The molecule has 0 unspecified atom stereocenters. The molecule has 1 aromatic carbocycles. The number of para-hydroxylation sites is 1. The second-order valence-corrected chi connectivity index (χ2v) is 5.68. The average molecular weight is 466 g/mol. The van der Waals surface area contributed by atoms with Crippen LogP contribution in [-0.2, 0) is 13.1 Å². The first-order valence-corrected chi connectivity index (χ1v) is 8.11. The number of hydrogen-bond donors (Lipinski definition) is 2. The van der Waals surface area contributed by atoms with Crippen LogP contribution in [0, 0.1) is 13.8 Å². The summed E-state index contributed by atoms with van der Waals surface area (Å²) >= 11 is 0. The van der Waals surface area contributed by atoms with Gasteiger partial charge in [-0.05, 0) is 25.5 Å². The molecule has 0 atom stereocenters. The molecule has 3 aromatic rings. The molecule has 0 aliphatic rings. The molecule has 138 valence electrons. The molecule has 0 bridgehead atoms. The van der Waals surface area contributed by atoms with Crippen molar-refractivity contribution in [3.05, 3.63) is 65.6 Å². The monoisotopic (exact) mass is 466 g/mol. The van der Waals surface area contributed by atoms with Crippen LogP contribution in [0.2, 0.25) is 0 Å². The van der Waals surface area contributed by atoms with E-state index in [1.807, 2.05) is 36.7 Å². The van der Waals surface area contributed by atoms with E-state index in [2.05, 4.69) is 37.9 Å². The predicted molar refractivity (Wildman–Crippen MR) is 112 cm³/mol. The number of imidazole rings is 1. The second kappa shape index (κ2) is 9.37. The fraction of sp³-hybridized carbons (Fsp3) is 0.278. The quantitative estimate of drug-likeness (QED) is 0.344. The topological polar surface area (TPSA) is 80.3 Å². The maximum absolute atomic E-state index is 5.19. The molecule has 0 saturated heterocycles. The highest BCUT2D eigenvalue weighted by molar-refractivity contribution is 14.0. The summed E-state index contributed by atoms with van der Waals surface area (Å²) in [7, 11) is 1.75. The number of benzene rings is 1. The maximum atomic E-state index is 5.19. The zero-order valence-corrected chi connectivity index (χ0v) is 17.4. The average Bonchev–Trinajstić information content (AvgIpc) is 3.27. The lowest BCUT2D eigenvalue weighted by atomic mass is 10.1. The molecule has 0 aliphatic carbocycles. The van der Waals surface area contributed by atoms with Crippen LogP contribution in [0.1, 0.15) is 22.6 Å². The van der Waals surface area contributed by atoms with Crippen LogP contribution in [0.3, 0.4) is 0 Å². The Morgan fingerprint density at radius 1 is 1.19 bits per heavy atom. The van der Waals surface area contributed by atoms with Gasteiger partial charge in [0.2, 0.25) is 0 Å². The minimum absolute atomic E-state index is 0. The molecule has 2 heterocycles. The van der Waals surface area contributed by atoms with Crippen LogP contribution in [0.5, 0.6) is 0 Å². The number of guanidine groups is 1. The lowest BCUT2D eigenvalue weighted by Crippen LogP contribution is -2.36. The van der Waals surface area contributed by atoms with Gasteiger partial charge in [0.25, 0.3) is 0 Å². The fourth-order valence-corrected chi connectivity index (χ4v) is 2.64. The van der Waals surface area contributed by atoms with Crippen molar-refractivity contribution in [2.75, 3.05) is 7.05 Å². The van der Waals surface area contributed by atoms with Gasteiger partial charge in [-0.2, -0.15) is 0 Å². The molecule has 0 amide bonds. The normalized spacial score (nSPS) is 11.1. The van der Waals surface area contributed by atoms with Crippen molar-refractivity contribution in [1.82, 2.24) is 25.3 Å². The third kappa shape index (κ3) is 4.63. The Morgan fingerprint density at radius 2 is 1.96 bits per heavy atom. The molecular weight excluding hydrogens is 443 g/mol. The Hall–Kier alpha value is -2.36. The Labute approximate surface area is 169 Å². The minimum Gasteiger partial charge on any atom is -0.361 e.